The van der Waals surface area contributed by atoms with Gasteiger partial charge in [0.1, 0.15) is 0 Å². The van der Waals surface area contributed by atoms with E-state index in [1.807, 2.05) is 36.5 Å². The van der Waals surface area contributed by atoms with Crippen molar-refractivity contribution in [3.63, 3.8) is 0 Å². The van der Waals surface area contributed by atoms with Crippen LogP contribution in [-0.2, 0) is 17.6 Å². The first-order chi connectivity index (χ1) is 12.7. The standard InChI is InChI=1S/C23H24N2O/c1-24(22-10-6-8-19-7-2-3-9-21(19)22)23(26)17-18-11-13-20(14-12-18)25-15-4-5-16-25/h2-5,7,9,11-16,22H,6,8,10,17H2,1H3. The number of likely N-dealkylation sites (N-methyl/N-ethyl adjacent to an activating group) is 1. The molecule has 132 valence electrons. The van der Waals surface area contributed by atoms with Crippen LogP contribution >= 0.6 is 0 Å². The fourth-order valence-electron chi connectivity index (χ4n) is 3.90. The van der Waals surface area contributed by atoms with Crippen molar-refractivity contribution in [2.24, 2.45) is 0 Å². The zero-order valence-corrected chi connectivity index (χ0v) is 15.1. The molecular weight excluding hydrogens is 320 g/mol. The van der Waals surface area contributed by atoms with E-state index < -0.39 is 0 Å². The van der Waals surface area contributed by atoms with Gasteiger partial charge in [0.05, 0.1) is 12.5 Å². The molecule has 0 N–H and O–H groups in total. The molecule has 1 aliphatic carbocycles. The third kappa shape index (κ3) is 3.30. The third-order valence-electron chi connectivity index (χ3n) is 5.39. The molecule has 0 aliphatic heterocycles. The summed E-state index contributed by atoms with van der Waals surface area (Å²) in [4.78, 5) is 14.8. The fraction of sp³-hybridized carbons (Fsp3) is 0.261. The molecule has 1 aromatic heterocycles. The van der Waals surface area contributed by atoms with Gasteiger partial charge >= 0.3 is 0 Å². The van der Waals surface area contributed by atoms with Gasteiger partial charge in [0.2, 0.25) is 5.91 Å². The molecule has 1 atom stereocenters. The molecule has 3 nitrogen and oxygen atoms in total. The van der Waals surface area contributed by atoms with Crippen LogP contribution in [-0.4, -0.2) is 22.4 Å². The Morgan fingerprint density at radius 2 is 1.77 bits per heavy atom. The molecule has 1 unspecified atom stereocenters. The second kappa shape index (κ2) is 7.20. The smallest absolute Gasteiger partial charge is 0.227 e. The molecule has 3 aromatic rings. The van der Waals surface area contributed by atoms with Gasteiger partial charge in [-0.3, -0.25) is 4.79 Å². The Morgan fingerprint density at radius 1 is 1.04 bits per heavy atom. The molecule has 0 radical (unpaired) electrons. The number of amides is 1. The predicted molar refractivity (Wildman–Crippen MR) is 104 cm³/mol. The van der Waals surface area contributed by atoms with Gasteiger partial charge in [0, 0.05) is 25.1 Å². The van der Waals surface area contributed by atoms with Gasteiger partial charge in [0.25, 0.3) is 0 Å². The summed E-state index contributed by atoms with van der Waals surface area (Å²) in [5.74, 6) is 0.181. The van der Waals surface area contributed by atoms with Crippen molar-refractivity contribution in [2.45, 2.75) is 31.7 Å². The van der Waals surface area contributed by atoms with E-state index in [0.29, 0.717) is 6.42 Å². The number of aryl methyl sites for hydroxylation is 1. The third-order valence-corrected chi connectivity index (χ3v) is 5.39. The van der Waals surface area contributed by atoms with Gasteiger partial charge in [-0.2, -0.15) is 0 Å². The summed E-state index contributed by atoms with van der Waals surface area (Å²) in [6, 6.07) is 21.0. The Labute approximate surface area is 154 Å². The van der Waals surface area contributed by atoms with Crippen LogP contribution in [0.5, 0.6) is 0 Å². The Morgan fingerprint density at radius 3 is 2.54 bits per heavy atom. The fourth-order valence-corrected chi connectivity index (χ4v) is 3.90. The molecule has 0 saturated carbocycles. The van der Waals surface area contributed by atoms with E-state index >= 15 is 0 Å². The number of carbonyl (C=O) groups excluding carboxylic acids is 1. The van der Waals surface area contributed by atoms with Crippen LogP contribution in [0.15, 0.2) is 73.1 Å². The van der Waals surface area contributed by atoms with E-state index in [-0.39, 0.29) is 11.9 Å². The minimum Gasteiger partial charge on any atom is -0.338 e. The van der Waals surface area contributed by atoms with Crippen LogP contribution in [0.1, 0.15) is 35.6 Å². The average Bonchev–Trinajstić information content (AvgIpc) is 3.22. The molecule has 3 heteroatoms. The zero-order chi connectivity index (χ0) is 17.9. The Balaban J connectivity index is 1.47. The first-order valence-corrected chi connectivity index (χ1v) is 9.28. The number of fused-ring (bicyclic) bond motifs is 1. The van der Waals surface area contributed by atoms with Gasteiger partial charge in [0.15, 0.2) is 0 Å². The van der Waals surface area contributed by atoms with Gasteiger partial charge in [-0.15, -0.1) is 0 Å². The summed E-state index contributed by atoms with van der Waals surface area (Å²) in [6.45, 7) is 0. The number of benzene rings is 2. The van der Waals surface area contributed by atoms with Crippen LogP contribution in [0.2, 0.25) is 0 Å². The maximum atomic E-state index is 12.9. The average molecular weight is 344 g/mol. The number of nitrogens with zero attached hydrogens (tertiary/aromatic N) is 2. The van der Waals surface area contributed by atoms with E-state index in [1.54, 1.807) is 0 Å². The van der Waals surface area contributed by atoms with Gasteiger partial charge in [-0.1, -0.05) is 36.4 Å². The number of hydrogen-bond donors (Lipinski definition) is 0. The molecule has 1 heterocycles. The Kier molecular flexibility index (Phi) is 4.61. The van der Waals surface area contributed by atoms with Gasteiger partial charge in [-0.05, 0) is 60.2 Å². The number of rotatable bonds is 4. The van der Waals surface area contributed by atoms with E-state index in [2.05, 4.69) is 53.1 Å². The lowest BCUT2D eigenvalue weighted by Crippen LogP contribution is -2.34. The largest absolute Gasteiger partial charge is 0.338 e. The van der Waals surface area contributed by atoms with E-state index in [0.717, 1.165) is 30.5 Å². The van der Waals surface area contributed by atoms with Crippen molar-refractivity contribution in [1.29, 1.82) is 0 Å². The van der Waals surface area contributed by atoms with Crippen LogP contribution in [0, 0.1) is 0 Å². The molecule has 1 aliphatic rings. The molecule has 0 spiro atoms. The summed E-state index contributed by atoms with van der Waals surface area (Å²) >= 11 is 0. The summed E-state index contributed by atoms with van der Waals surface area (Å²) in [5, 5.41) is 0. The first-order valence-electron chi connectivity index (χ1n) is 9.28. The van der Waals surface area contributed by atoms with Crippen LogP contribution in [0.4, 0.5) is 0 Å². The molecule has 26 heavy (non-hydrogen) atoms. The predicted octanol–water partition coefficient (Wildman–Crippen LogP) is 4.56. The van der Waals surface area contributed by atoms with E-state index in [4.69, 9.17) is 0 Å². The molecule has 2 aromatic carbocycles. The second-order valence-corrected chi connectivity index (χ2v) is 7.05. The minimum atomic E-state index is 0.181. The normalized spacial score (nSPS) is 16.1. The van der Waals surface area contributed by atoms with Crippen molar-refractivity contribution in [3.05, 3.63) is 89.7 Å². The van der Waals surface area contributed by atoms with Crippen LogP contribution < -0.4 is 0 Å². The molecule has 4 rings (SSSR count). The molecule has 0 saturated heterocycles. The lowest BCUT2D eigenvalue weighted by molar-refractivity contribution is -0.131. The SMILES string of the molecule is CN(C(=O)Cc1ccc(-n2cccc2)cc1)C1CCCc2ccccc21. The highest BCUT2D eigenvalue weighted by atomic mass is 16.2. The van der Waals surface area contributed by atoms with Gasteiger partial charge < -0.3 is 9.47 Å². The Hall–Kier alpha value is -2.81. The van der Waals surface area contributed by atoms with Crippen molar-refractivity contribution < 1.29 is 4.79 Å². The maximum Gasteiger partial charge on any atom is 0.227 e. The van der Waals surface area contributed by atoms with Crippen molar-refractivity contribution in [3.8, 4) is 5.69 Å². The summed E-state index contributed by atoms with van der Waals surface area (Å²) < 4.78 is 2.07. The topological polar surface area (TPSA) is 25.2 Å². The highest BCUT2D eigenvalue weighted by molar-refractivity contribution is 5.79. The highest BCUT2D eigenvalue weighted by Gasteiger charge is 2.26. The summed E-state index contributed by atoms with van der Waals surface area (Å²) in [7, 11) is 1.95. The Bertz CT molecular complexity index is 881. The number of aromatic nitrogens is 1. The molecule has 0 bridgehead atoms. The maximum absolute atomic E-state index is 12.9. The van der Waals surface area contributed by atoms with Crippen molar-refractivity contribution in [1.82, 2.24) is 9.47 Å². The highest BCUT2D eigenvalue weighted by Crippen LogP contribution is 2.33. The summed E-state index contributed by atoms with van der Waals surface area (Å²) in [5.41, 5.74) is 4.87. The van der Waals surface area contributed by atoms with Crippen LogP contribution in [0.25, 0.3) is 5.69 Å². The van der Waals surface area contributed by atoms with Crippen molar-refractivity contribution in [2.75, 3.05) is 7.05 Å². The molecular formula is C23H24N2O. The monoisotopic (exact) mass is 344 g/mol. The first kappa shape index (κ1) is 16.6. The van der Waals surface area contributed by atoms with Gasteiger partial charge in [-0.25, -0.2) is 0 Å². The quantitative estimate of drug-likeness (QED) is 0.681. The molecule has 0 fully saturated rings. The van der Waals surface area contributed by atoms with E-state index in [1.165, 1.54) is 11.1 Å². The van der Waals surface area contributed by atoms with Crippen molar-refractivity contribution >= 4 is 5.91 Å². The van der Waals surface area contributed by atoms with E-state index in [9.17, 15) is 4.79 Å². The second-order valence-electron chi connectivity index (χ2n) is 7.05. The minimum absolute atomic E-state index is 0.181. The zero-order valence-electron chi connectivity index (χ0n) is 15.1. The number of hydrogen-bond acceptors (Lipinski definition) is 1. The number of carbonyl (C=O) groups is 1. The molecule has 1 amide bonds. The lowest BCUT2D eigenvalue weighted by atomic mass is 9.87. The summed E-state index contributed by atoms with van der Waals surface area (Å²) in [6.07, 6.45) is 7.80. The van der Waals surface area contributed by atoms with Crippen LogP contribution in [0.3, 0.4) is 0 Å². The lowest BCUT2D eigenvalue weighted by Gasteiger charge is -2.33.